The summed E-state index contributed by atoms with van der Waals surface area (Å²) in [5.41, 5.74) is 3.27. The summed E-state index contributed by atoms with van der Waals surface area (Å²) < 4.78 is 11.1. The lowest BCUT2D eigenvalue weighted by molar-refractivity contribution is 0.201. The van der Waals surface area contributed by atoms with Crippen LogP contribution in [0.1, 0.15) is 18.2 Å². The molecule has 0 atom stereocenters. The van der Waals surface area contributed by atoms with Crippen LogP contribution in [0.15, 0.2) is 64.2 Å². The van der Waals surface area contributed by atoms with Crippen molar-refractivity contribution in [2.75, 3.05) is 25.1 Å². The number of hydrogen-bond acceptors (Lipinski definition) is 8. The maximum absolute atomic E-state index is 10.1. The third kappa shape index (κ3) is 6.04. The number of thioether (sulfide) groups is 1. The van der Waals surface area contributed by atoms with E-state index < -0.39 is 0 Å². The summed E-state index contributed by atoms with van der Waals surface area (Å²) in [4.78, 5) is 12.9. The molecule has 37 heavy (non-hydrogen) atoms. The molecule has 10 heteroatoms. The molecule has 0 saturated heterocycles. The molecule has 0 saturated carbocycles. The number of halogens is 1. The molecular formula is C27H22ClN5O3S. The van der Waals surface area contributed by atoms with Gasteiger partial charge in [-0.15, -0.1) is 0 Å². The van der Waals surface area contributed by atoms with E-state index >= 15 is 0 Å². The zero-order chi connectivity index (χ0) is 26.2. The standard InChI is InChI=1S/C27H22ClN5O3S/c1-3-31-25-24(30-2)23(17-6-10-21(11-7-17)35-13-12-34)22(14-29)27(33-25)37-16-20-15-36-26(32-20)18-4-8-19(28)9-5-18/h4-11,15,34H,3,12-13,16H2,1H3,(H,31,33). The number of aromatic nitrogens is 2. The summed E-state index contributed by atoms with van der Waals surface area (Å²) in [5, 5.41) is 23.4. The van der Waals surface area contributed by atoms with Gasteiger partial charge in [0.15, 0.2) is 0 Å². The van der Waals surface area contributed by atoms with Crippen molar-refractivity contribution in [3.8, 4) is 34.4 Å². The molecule has 2 aromatic heterocycles. The van der Waals surface area contributed by atoms with Crippen molar-refractivity contribution in [1.82, 2.24) is 9.97 Å². The van der Waals surface area contributed by atoms with Crippen LogP contribution in [-0.4, -0.2) is 34.8 Å². The first-order valence-electron chi connectivity index (χ1n) is 11.3. The Labute approximate surface area is 223 Å². The van der Waals surface area contributed by atoms with Crippen LogP contribution in [0.4, 0.5) is 11.5 Å². The minimum Gasteiger partial charge on any atom is -0.491 e. The molecular weight excluding hydrogens is 510 g/mol. The van der Waals surface area contributed by atoms with Gasteiger partial charge in [0, 0.05) is 28.4 Å². The number of oxazole rings is 1. The Morgan fingerprint density at radius 3 is 2.54 bits per heavy atom. The van der Waals surface area contributed by atoms with Crippen LogP contribution in [0.2, 0.25) is 5.02 Å². The number of nitrogens with zero attached hydrogens (tertiary/aromatic N) is 4. The van der Waals surface area contributed by atoms with E-state index in [0.29, 0.717) is 62.2 Å². The third-order valence-electron chi connectivity index (χ3n) is 5.21. The van der Waals surface area contributed by atoms with Gasteiger partial charge in [-0.25, -0.2) is 14.8 Å². The van der Waals surface area contributed by atoms with Crippen LogP contribution in [-0.2, 0) is 5.75 Å². The maximum Gasteiger partial charge on any atom is 0.237 e. The predicted octanol–water partition coefficient (Wildman–Crippen LogP) is 6.57. The third-order valence-corrected chi connectivity index (χ3v) is 6.47. The number of rotatable bonds is 10. The summed E-state index contributed by atoms with van der Waals surface area (Å²) in [6.45, 7) is 10.4. The Bertz CT molecular complexity index is 1460. The number of pyridine rings is 1. The number of nitriles is 1. The average molecular weight is 532 g/mol. The van der Waals surface area contributed by atoms with Crippen molar-refractivity contribution in [3.05, 3.63) is 82.5 Å². The van der Waals surface area contributed by atoms with E-state index in [1.54, 1.807) is 42.7 Å². The lowest BCUT2D eigenvalue weighted by atomic mass is 9.99. The number of nitrogens with one attached hydrogen (secondary N) is 1. The number of hydrogen-bond donors (Lipinski definition) is 2. The van der Waals surface area contributed by atoms with E-state index in [-0.39, 0.29) is 18.9 Å². The Morgan fingerprint density at radius 1 is 1.16 bits per heavy atom. The lowest BCUT2D eigenvalue weighted by Gasteiger charge is -2.16. The van der Waals surface area contributed by atoms with Crippen LogP contribution < -0.4 is 10.1 Å². The number of benzene rings is 2. The van der Waals surface area contributed by atoms with Crippen molar-refractivity contribution < 1.29 is 14.3 Å². The maximum atomic E-state index is 10.1. The monoisotopic (exact) mass is 531 g/mol. The first-order valence-corrected chi connectivity index (χ1v) is 12.7. The first kappa shape index (κ1) is 26.1. The molecule has 8 nitrogen and oxygen atoms in total. The molecule has 0 aliphatic heterocycles. The summed E-state index contributed by atoms with van der Waals surface area (Å²) in [5.74, 6) is 1.88. The van der Waals surface area contributed by atoms with Crippen molar-refractivity contribution in [2.24, 2.45) is 0 Å². The van der Waals surface area contributed by atoms with Crippen LogP contribution in [0.5, 0.6) is 5.75 Å². The number of ether oxygens (including phenoxy) is 1. The Balaban J connectivity index is 1.68. The Kier molecular flexibility index (Phi) is 8.65. The molecule has 4 aromatic rings. The molecule has 0 radical (unpaired) electrons. The molecule has 0 aliphatic rings. The molecule has 0 amide bonds. The first-order chi connectivity index (χ1) is 18.1. The van der Waals surface area contributed by atoms with Gasteiger partial charge in [0.25, 0.3) is 0 Å². The van der Waals surface area contributed by atoms with Crippen LogP contribution in [0.3, 0.4) is 0 Å². The van der Waals surface area contributed by atoms with E-state index in [0.717, 1.165) is 5.56 Å². The highest BCUT2D eigenvalue weighted by molar-refractivity contribution is 7.98. The molecule has 2 heterocycles. The fourth-order valence-corrected chi connectivity index (χ4v) is 4.56. The van der Waals surface area contributed by atoms with Crippen LogP contribution in [0, 0.1) is 17.9 Å². The Morgan fingerprint density at radius 2 is 1.89 bits per heavy atom. The zero-order valence-electron chi connectivity index (χ0n) is 19.9. The lowest BCUT2D eigenvalue weighted by Crippen LogP contribution is -2.04. The fourth-order valence-electron chi connectivity index (χ4n) is 3.56. The van der Waals surface area contributed by atoms with E-state index in [2.05, 4.69) is 26.2 Å². The fraction of sp³-hybridized carbons (Fsp3) is 0.185. The summed E-state index contributed by atoms with van der Waals surface area (Å²) >= 11 is 7.31. The van der Waals surface area contributed by atoms with Gasteiger partial charge in [-0.3, -0.25) is 0 Å². The molecule has 0 aliphatic carbocycles. The van der Waals surface area contributed by atoms with Crippen molar-refractivity contribution >= 4 is 34.9 Å². The zero-order valence-corrected chi connectivity index (χ0v) is 21.4. The van der Waals surface area contributed by atoms with Gasteiger partial charge in [-0.1, -0.05) is 35.5 Å². The van der Waals surface area contributed by atoms with Crippen LogP contribution in [0.25, 0.3) is 27.4 Å². The highest BCUT2D eigenvalue weighted by Crippen LogP contribution is 2.43. The second kappa shape index (κ2) is 12.3. The minimum absolute atomic E-state index is 0.0914. The molecule has 0 spiro atoms. The smallest absolute Gasteiger partial charge is 0.237 e. The number of anilines is 1. The molecule has 2 N–H and O–H groups in total. The normalized spacial score (nSPS) is 10.5. The second-order valence-electron chi connectivity index (χ2n) is 7.65. The van der Waals surface area contributed by atoms with E-state index in [9.17, 15) is 5.26 Å². The molecule has 2 aromatic carbocycles. The quantitative estimate of drug-likeness (QED) is 0.174. The second-order valence-corrected chi connectivity index (χ2v) is 9.05. The minimum atomic E-state index is -0.0914. The van der Waals surface area contributed by atoms with Gasteiger partial charge >= 0.3 is 0 Å². The highest BCUT2D eigenvalue weighted by atomic mass is 35.5. The Hall–Kier alpha value is -4.02. The van der Waals surface area contributed by atoms with Gasteiger partial charge in [0.05, 0.1) is 24.4 Å². The molecule has 0 fully saturated rings. The summed E-state index contributed by atoms with van der Waals surface area (Å²) in [6.07, 6.45) is 1.58. The predicted molar refractivity (Wildman–Crippen MR) is 144 cm³/mol. The van der Waals surface area contributed by atoms with Crippen molar-refractivity contribution in [1.29, 1.82) is 5.26 Å². The molecule has 0 bridgehead atoms. The van der Waals surface area contributed by atoms with Gasteiger partial charge in [-0.2, -0.15) is 5.26 Å². The number of aliphatic hydroxyl groups excluding tert-OH is 1. The molecule has 0 unspecified atom stereocenters. The van der Waals surface area contributed by atoms with E-state index in [1.807, 2.05) is 19.1 Å². The molecule has 4 rings (SSSR count). The van der Waals surface area contributed by atoms with Gasteiger partial charge in [-0.05, 0) is 48.9 Å². The van der Waals surface area contributed by atoms with Crippen LogP contribution >= 0.6 is 23.4 Å². The van der Waals surface area contributed by atoms with E-state index in [1.165, 1.54) is 11.8 Å². The summed E-state index contributed by atoms with van der Waals surface area (Å²) in [6, 6.07) is 16.5. The van der Waals surface area contributed by atoms with Gasteiger partial charge in [0.1, 0.15) is 35.5 Å². The average Bonchev–Trinajstić information content (AvgIpc) is 3.40. The number of aliphatic hydroxyl groups is 1. The molecule has 186 valence electrons. The largest absolute Gasteiger partial charge is 0.491 e. The van der Waals surface area contributed by atoms with Crippen molar-refractivity contribution in [2.45, 2.75) is 17.7 Å². The van der Waals surface area contributed by atoms with Crippen molar-refractivity contribution in [3.63, 3.8) is 0 Å². The van der Waals surface area contributed by atoms with Gasteiger partial charge in [0.2, 0.25) is 11.6 Å². The van der Waals surface area contributed by atoms with Gasteiger partial charge < -0.3 is 19.6 Å². The summed E-state index contributed by atoms with van der Waals surface area (Å²) in [7, 11) is 0. The topological polar surface area (TPSA) is 109 Å². The van der Waals surface area contributed by atoms with E-state index in [4.69, 9.17) is 32.4 Å². The SMILES string of the molecule is [C-]#[N+]c1c(NCC)nc(SCc2coc(-c3ccc(Cl)cc3)n2)c(C#N)c1-c1ccc(OCCO)cc1. The highest BCUT2D eigenvalue weighted by Gasteiger charge is 2.22.